The molecule has 0 saturated carbocycles. The lowest BCUT2D eigenvalue weighted by Gasteiger charge is -2.33. The highest BCUT2D eigenvalue weighted by Gasteiger charge is 2.31. The van der Waals surface area contributed by atoms with Crippen LogP contribution in [-0.4, -0.2) is 64.8 Å². The highest BCUT2D eigenvalue weighted by molar-refractivity contribution is 7.89. The van der Waals surface area contributed by atoms with Crippen LogP contribution in [0.1, 0.15) is 16.2 Å². The van der Waals surface area contributed by atoms with E-state index in [1.165, 1.54) is 33.5 Å². The van der Waals surface area contributed by atoms with Crippen molar-refractivity contribution in [3.63, 3.8) is 0 Å². The molecule has 1 aromatic carbocycles. The van der Waals surface area contributed by atoms with Crippen LogP contribution < -0.4 is 11.2 Å². The number of hydrogen-bond acceptors (Lipinski definition) is 7. The number of carbonyl (C=O) groups excluding carboxylic acids is 1. The van der Waals surface area contributed by atoms with E-state index >= 15 is 0 Å². The third-order valence-corrected chi connectivity index (χ3v) is 6.61. The van der Waals surface area contributed by atoms with Crippen LogP contribution >= 0.6 is 0 Å². The first-order chi connectivity index (χ1) is 13.8. The summed E-state index contributed by atoms with van der Waals surface area (Å²) < 4.78 is 32.2. The van der Waals surface area contributed by atoms with Gasteiger partial charge in [0.2, 0.25) is 15.8 Å². The molecular weight excluding hydrogens is 402 g/mol. The number of H-pyrrole nitrogens is 2. The molecule has 0 bridgehead atoms. The molecule has 1 aliphatic rings. The number of sulfonamides is 1. The Morgan fingerprint density at radius 1 is 1.10 bits per heavy atom. The monoisotopic (exact) mass is 419 g/mol. The first-order valence-electron chi connectivity index (χ1n) is 8.75. The van der Waals surface area contributed by atoms with E-state index in [0.29, 0.717) is 5.69 Å². The molecular formula is C17H17N5O6S. The first kappa shape index (κ1) is 19.1. The van der Waals surface area contributed by atoms with Crippen LogP contribution in [0.3, 0.4) is 0 Å². The highest BCUT2D eigenvalue weighted by atomic mass is 32.2. The van der Waals surface area contributed by atoms with Gasteiger partial charge in [-0.3, -0.25) is 14.6 Å². The molecule has 12 heteroatoms. The van der Waals surface area contributed by atoms with Gasteiger partial charge in [-0.05, 0) is 25.1 Å². The van der Waals surface area contributed by atoms with E-state index in [1.54, 1.807) is 6.92 Å². The maximum atomic E-state index is 13.0. The van der Waals surface area contributed by atoms with E-state index in [0.717, 1.165) is 0 Å². The number of rotatable bonds is 3. The molecule has 1 fully saturated rings. The summed E-state index contributed by atoms with van der Waals surface area (Å²) in [5.41, 5.74) is -0.503. The Balaban J connectivity index is 1.55. The summed E-state index contributed by atoms with van der Waals surface area (Å²) in [7, 11) is -3.88. The van der Waals surface area contributed by atoms with Gasteiger partial charge >= 0.3 is 5.69 Å². The number of benzene rings is 1. The number of aromatic amines is 2. The fourth-order valence-corrected chi connectivity index (χ4v) is 4.65. The van der Waals surface area contributed by atoms with E-state index in [9.17, 15) is 22.8 Å². The zero-order valence-corrected chi connectivity index (χ0v) is 16.2. The van der Waals surface area contributed by atoms with E-state index in [-0.39, 0.29) is 53.6 Å². The number of piperazine rings is 1. The van der Waals surface area contributed by atoms with E-state index in [1.807, 2.05) is 0 Å². The minimum atomic E-state index is -3.88. The number of amides is 1. The lowest BCUT2D eigenvalue weighted by atomic mass is 10.2. The van der Waals surface area contributed by atoms with Crippen molar-refractivity contribution in [2.75, 3.05) is 26.2 Å². The molecule has 4 rings (SSSR count). The van der Waals surface area contributed by atoms with Crippen molar-refractivity contribution in [2.24, 2.45) is 0 Å². The molecule has 11 nitrogen and oxygen atoms in total. The van der Waals surface area contributed by atoms with Crippen molar-refractivity contribution >= 4 is 26.8 Å². The predicted molar refractivity (Wildman–Crippen MR) is 101 cm³/mol. The minimum Gasteiger partial charge on any atom is -0.351 e. The second-order valence-electron chi connectivity index (χ2n) is 6.64. The van der Waals surface area contributed by atoms with E-state index in [2.05, 4.69) is 15.1 Å². The highest BCUT2D eigenvalue weighted by Crippen LogP contribution is 2.21. The summed E-state index contributed by atoms with van der Waals surface area (Å²) in [6, 6.07) is 5.48. The smallest absolute Gasteiger partial charge is 0.326 e. The van der Waals surface area contributed by atoms with Gasteiger partial charge in [-0.25, -0.2) is 13.2 Å². The van der Waals surface area contributed by atoms with Crippen molar-refractivity contribution in [3.8, 4) is 0 Å². The average molecular weight is 419 g/mol. The standard InChI is InChI=1S/C17H17N5O6S/c1-10-8-14(28-20-10)16(24)21-4-6-22(7-5-21)29(26,27)11-2-3-13-12(9-11)15(23)19-17(25)18-13/h2-3,8-9H,4-7H2,1H3,(H2,18,19,23,25). The number of aryl methyl sites for hydroxylation is 1. The van der Waals surface area contributed by atoms with Crippen LogP contribution in [-0.2, 0) is 10.0 Å². The molecule has 152 valence electrons. The van der Waals surface area contributed by atoms with Crippen LogP contribution in [0.15, 0.2) is 43.3 Å². The molecule has 2 aromatic heterocycles. The SMILES string of the molecule is Cc1cc(C(=O)N2CCN(S(=O)(=O)c3ccc4[nH]c(=O)[nH]c(=O)c4c3)CC2)on1. The molecule has 3 aromatic rings. The van der Waals surface area contributed by atoms with Gasteiger partial charge in [-0.1, -0.05) is 5.16 Å². The Morgan fingerprint density at radius 2 is 1.83 bits per heavy atom. The van der Waals surface area contributed by atoms with Gasteiger partial charge in [0, 0.05) is 32.2 Å². The zero-order chi connectivity index (χ0) is 20.8. The number of hydrogen-bond donors (Lipinski definition) is 2. The predicted octanol–water partition coefficient (Wildman–Crippen LogP) is -0.340. The zero-order valence-electron chi connectivity index (χ0n) is 15.3. The van der Waals surface area contributed by atoms with Crippen LogP contribution in [0.5, 0.6) is 0 Å². The van der Waals surface area contributed by atoms with Crippen molar-refractivity contribution in [1.82, 2.24) is 24.3 Å². The number of aromatic nitrogens is 3. The fourth-order valence-electron chi connectivity index (χ4n) is 3.21. The summed E-state index contributed by atoms with van der Waals surface area (Å²) in [5.74, 6) is -0.231. The molecule has 0 spiro atoms. The molecule has 1 amide bonds. The van der Waals surface area contributed by atoms with Gasteiger partial charge in [-0.2, -0.15) is 4.31 Å². The fraction of sp³-hybridized carbons (Fsp3) is 0.294. The summed E-state index contributed by atoms with van der Waals surface area (Å²) in [6.07, 6.45) is 0. The topological polar surface area (TPSA) is 149 Å². The van der Waals surface area contributed by atoms with E-state index in [4.69, 9.17) is 4.52 Å². The van der Waals surface area contributed by atoms with Crippen LogP contribution in [0, 0.1) is 6.92 Å². The third kappa shape index (κ3) is 3.47. The molecule has 0 unspecified atom stereocenters. The lowest BCUT2D eigenvalue weighted by Crippen LogP contribution is -2.50. The molecule has 0 atom stereocenters. The summed E-state index contributed by atoms with van der Waals surface area (Å²) in [4.78, 5) is 41.7. The second kappa shape index (κ2) is 6.97. The van der Waals surface area contributed by atoms with E-state index < -0.39 is 21.3 Å². The molecule has 2 N–H and O–H groups in total. The van der Waals surface area contributed by atoms with Crippen LogP contribution in [0.25, 0.3) is 10.9 Å². The number of nitrogens with one attached hydrogen (secondary N) is 2. The maximum Gasteiger partial charge on any atom is 0.326 e. The Morgan fingerprint density at radius 3 is 2.48 bits per heavy atom. The Kier molecular flexibility index (Phi) is 4.59. The summed E-state index contributed by atoms with van der Waals surface area (Å²) >= 11 is 0. The van der Waals surface area contributed by atoms with Crippen LogP contribution in [0.4, 0.5) is 0 Å². The first-order valence-corrected chi connectivity index (χ1v) is 10.2. The second-order valence-corrected chi connectivity index (χ2v) is 8.58. The van der Waals surface area contributed by atoms with Gasteiger partial charge in [-0.15, -0.1) is 0 Å². The summed E-state index contributed by atoms with van der Waals surface area (Å²) in [6.45, 7) is 2.29. The van der Waals surface area contributed by atoms with Crippen molar-refractivity contribution in [1.29, 1.82) is 0 Å². The van der Waals surface area contributed by atoms with Gasteiger partial charge in [0.1, 0.15) is 0 Å². The maximum absolute atomic E-state index is 13.0. The number of carbonyl (C=O) groups is 1. The molecule has 0 aliphatic carbocycles. The summed E-state index contributed by atoms with van der Waals surface area (Å²) in [5, 5.41) is 3.75. The van der Waals surface area contributed by atoms with Gasteiger partial charge in [0.05, 0.1) is 21.5 Å². The molecule has 1 aliphatic heterocycles. The third-order valence-electron chi connectivity index (χ3n) is 4.71. The molecule has 1 saturated heterocycles. The quantitative estimate of drug-likeness (QED) is 0.590. The van der Waals surface area contributed by atoms with Crippen molar-refractivity contribution < 1.29 is 17.7 Å². The largest absolute Gasteiger partial charge is 0.351 e. The van der Waals surface area contributed by atoms with Gasteiger partial charge in [0.15, 0.2) is 0 Å². The Hall–Kier alpha value is -3.25. The number of nitrogens with zero attached hydrogens (tertiary/aromatic N) is 3. The molecule has 3 heterocycles. The van der Waals surface area contributed by atoms with Crippen LogP contribution in [0.2, 0.25) is 0 Å². The average Bonchev–Trinajstić information content (AvgIpc) is 3.13. The minimum absolute atomic E-state index is 0.0619. The number of fused-ring (bicyclic) bond motifs is 1. The molecule has 0 radical (unpaired) electrons. The molecule has 29 heavy (non-hydrogen) atoms. The normalized spacial score (nSPS) is 15.7. The van der Waals surface area contributed by atoms with Crippen molar-refractivity contribution in [3.05, 3.63) is 56.6 Å². The van der Waals surface area contributed by atoms with Crippen molar-refractivity contribution in [2.45, 2.75) is 11.8 Å². The van der Waals surface area contributed by atoms with Gasteiger partial charge < -0.3 is 14.4 Å². The lowest BCUT2D eigenvalue weighted by molar-refractivity contribution is 0.0656. The Bertz CT molecular complexity index is 1310. The Labute approximate surface area is 164 Å². The van der Waals surface area contributed by atoms with Gasteiger partial charge in [0.25, 0.3) is 11.5 Å².